The van der Waals surface area contributed by atoms with Crippen LogP contribution in [0.25, 0.3) is 0 Å². The van der Waals surface area contributed by atoms with Crippen molar-refractivity contribution in [2.75, 3.05) is 9.80 Å². The molecular formula is C24H21F3N4OS. The fraction of sp³-hybridized carbons (Fsp3) is 0.333. The van der Waals surface area contributed by atoms with Crippen LogP contribution in [0.15, 0.2) is 42.5 Å². The number of thiocarbonyl (C=S) groups is 1. The van der Waals surface area contributed by atoms with E-state index in [9.17, 15) is 18.0 Å². The number of carbonyl (C=O) groups is 1. The number of aryl methyl sites for hydroxylation is 1. The summed E-state index contributed by atoms with van der Waals surface area (Å²) in [5.74, 6) is -0.326. The monoisotopic (exact) mass is 470 g/mol. The molecule has 0 bridgehead atoms. The van der Waals surface area contributed by atoms with E-state index in [0.717, 1.165) is 30.9 Å². The number of anilines is 2. The van der Waals surface area contributed by atoms with Crippen LogP contribution in [-0.2, 0) is 17.4 Å². The zero-order chi connectivity index (χ0) is 23.8. The number of benzene rings is 2. The third-order valence-corrected chi connectivity index (χ3v) is 6.66. The number of alkyl halides is 3. The van der Waals surface area contributed by atoms with Crippen molar-refractivity contribution in [3.05, 3.63) is 59.2 Å². The SMILES string of the molecule is N#CCCCc1ccc(N2C(=S)N(c3ccc(C=N)c(C(F)(F)F)c3)C(=O)C23CCC3)cc1. The molecule has 2 aliphatic rings. The highest BCUT2D eigenvalue weighted by Gasteiger charge is 2.59. The van der Waals surface area contributed by atoms with Gasteiger partial charge in [0.15, 0.2) is 5.11 Å². The zero-order valence-corrected chi connectivity index (χ0v) is 18.5. The van der Waals surface area contributed by atoms with Gasteiger partial charge < -0.3 is 10.3 Å². The lowest BCUT2D eigenvalue weighted by molar-refractivity contribution is -0.137. The van der Waals surface area contributed by atoms with Crippen LogP contribution in [0.5, 0.6) is 0 Å². The first-order valence-electron chi connectivity index (χ1n) is 10.6. The first-order chi connectivity index (χ1) is 15.7. The number of amides is 1. The zero-order valence-electron chi connectivity index (χ0n) is 17.7. The van der Waals surface area contributed by atoms with E-state index in [-0.39, 0.29) is 22.3 Å². The van der Waals surface area contributed by atoms with E-state index in [1.165, 1.54) is 17.0 Å². The van der Waals surface area contributed by atoms with Crippen LogP contribution in [0.4, 0.5) is 24.5 Å². The van der Waals surface area contributed by atoms with Gasteiger partial charge in [-0.25, -0.2) is 0 Å². The molecule has 33 heavy (non-hydrogen) atoms. The molecule has 0 atom stereocenters. The van der Waals surface area contributed by atoms with Gasteiger partial charge in [0, 0.05) is 23.9 Å². The minimum Gasteiger partial charge on any atom is -0.308 e. The minimum atomic E-state index is -4.66. The van der Waals surface area contributed by atoms with Crippen molar-refractivity contribution in [3.63, 3.8) is 0 Å². The maximum absolute atomic E-state index is 13.5. The second kappa shape index (κ2) is 8.60. The Morgan fingerprint density at radius 3 is 2.36 bits per heavy atom. The fourth-order valence-corrected chi connectivity index (χ4v) is 4.91. The molecule has 0 aromatic heterocycles. The van der Waals surface area contributed by atoms with Crippen molar-refractivity contribution in [2.24, 2.45) is 0 Å². The van der Waals surface area contributed by atoms with Crippen molar-refractivity contribution in [1.29, 1.82) is 10.7 Å². The van der Waals surface area contributed by atoms with Crippen molar-refractivity contribution in [3.8, 4) is 6.07 Å². The number of nitrogens with one attached hydrogen (secondary N) is 1. The molecule has 2 aromatic rings. The van der Waals surface area contributed by atoms with E-state index in [1.807, 2.05) is 24.3 Å². The van der Waals surface area contributed by atoms with Crippen LogP contribution in [0.1, 0.15) is 48.8 Å². The van der Waals surface area contributed by atoms with Gasteiger partial charge in [-0.1, -0.05) is 18.2 Å². The van der Waals surface area contributed by atoms with Crippen molar-refractivity contribution in [1.82, 2.24) is 0 Å². The molecule has 4 rings (SSSR count). The van der Waals surface area contributed by atoms with Crippen molar-refractivity contribution >= 4 is 40.8 Å². The number of hydrogen-bond donors (Lipinski definition) is 1. The Kier molecular flexibility index (Phi) is 5.97. The van der Waals surface area contributed by atoms with Gasteiger partial charge in [-0.2, -0.15) is 18.4 Å². The predicted molar refractivity (Wildman–Crippen MR) is 123 cm³/mol. The van der Waals surface area contributed by atoms with Crippen LogP contribution in [0.2, 0.25) is 0 Å². The largest absolute Gasteiger partial charge is 0.417 e. The van der Waals surface area contributed by atoms with Gasteiger partial charge in [0.05, 0.1) is 17.3 Å². The molecule has 2 aromatic carbocycles. The summed E-state index contributed by atoms with van der Waals surface area (Å²) in [5, 5.41) is 16.1. The van der Waals surface area contributed by atoms with E-state index in [2.05, 4.69) is 6.07 Å². The number of unbranched alkanes of at least 4 members (excludes halogenated alkanes) is 1. The summed E-state index contributed by atoms with van der Waals surface area (Å²) in [6, 6.07) is 13.2. The summed E-state index contributed by atoms with van der Waals surface area (Å²) in [7, 11) is 0. The first kappa shape index (κ1) is 22.9. The summed E-state index contributed by atoms with van der Waals surface area (Å²) < 4.78 is 40.6. The lowest BCUT2D eigenvalue weighted by Crippen LogP contribution is -2.55. The Morgan fingerprint density at radius 1 is 1.15 bits per heavy atom. The molecule has 2 fully saturated rings. The molecule has 1 N–H and O–H groups in total. The summed E-state index contributed by atoms with van der Waals surface area (Å²) >= 11 is 5.64. The van der Waals surface area contributed by atoms with Crippen LogP contribution < -0.4 is 9.80 Å². The van der Waals surface area contributed by atoms with Gasteiger partial charge >= 0.3 is 6.18 Å². The second-order valence-corrected chi connectivity index (χ2v) is 8.60. The fourth-order valence-electron chi connectivity index (χ4n) is 4.45. The number of rotatable bonds is 6. The standard InChI is InChI=1S/C24H21F3N4OS/c25-24(26,27)20-14-19(10-7-17(20)15-29)30-21(32)23(11-3-12-23)31(22(30)33)18-8-5-16(6-9-18)4-1-2-13-28/h5-10,14-15,29H,1-4,11-12H2. The molecule has 0 radical (unpaired) electrons. The summed E-state index contributed by atoms with van der Waals surface area (Å²) in [6.07, 6.45) is -0.0758. The topological polar surface area (TPSA) is 71.2 Å². The van der Waals surface area contributed by atoms with Crippen LogP contribution >= 0.6 is 12.2 Å². The normalized spacial score (nSPS) is 17.3. The highest BCUT2D eigenvalue weighted by molar-refractivity contribution is 7.81. The third kappa shape index (κ3) is 3.89. The summed E-state index contributed by atoms with van der Waals surface area (Å²) in [5.41, 5.74) is -0.323. The van der Waals surface area contributed by atoms with E-state index in [1.54, 1.807) is 4.90 Å². The molecule has 1 spiro atoms. The molecule has 1 aliphatic carbocycles. The first-order valence-corrected chi connectivity index (χ1v) is 11.0. The number of hydrogen-bond acceptors (Lipinski definition) is 4. The van der Waals surface area contributed by atoms with Crippen molar-refractivity contribution < 1.29 is 18.0 Å². The highest BCUT2D eigenvalue weighted by atomic mass is 32.1. The summed E-state index contributed by atoms with van der Waals surface area (Å²) in [6.45, 7) is 0. The quantitative estimate of drug-likeness (QED) is 0.338. The molecule has 9 heteroatoms. The maximum Gasteiger partial charge on any atom is 0.417 e. The average Bonchev–Trinajstić information content (AvgIpc) is 3.00. The smallest absolute Gasteiger partial charge is 0.308 e. The van der Waals surface area contributed by atoms with Crippen LogP contribution in [0, 0.1) is 16.7 Å². The average molecular weight is 471 g/mol. The number of nitrogens with zero attached hydrogens (tertiary/aromatic N) is 3. The molecule has 1 amide bonds. The molecule has 1 saturated carbocycles. The Labute approximate surface area is 194 Å². The lowest BCUT2D eigenvalue weighted by Gasteiger charge is -2.43. The molecule has 0 unspecified atom stereocenters. The van der Waals surface area contributed by atoms with Gasteiger partial charge in [0.2, 0.25) is 0 Å². The maximum atomic E-state index is 13.5. The summed E-state index contributed by atoms with van der Waals surface area (Å²) in [4.78, 5) is 16.5. The minimum absolute atomic E-state index is 0.0461. The van der Waals surface area contributed by atoms with Crippen LogP contribution in [-0.4, -0.2) is 22.8 Å². The number of carbonyl (C=O) groups excluding carboxylic acids is 1. The van der Waals surface area contributed by atoms with Gasteiger partial charge in [-0.3, -0.25) is 9.69 Å². The van der Waals surface area contributed by atoms with E-state index < -0.39 is 17.3 Å². The van der Waals surface area contributed by atoms with Gasteiger partial charge in [0.25, 0.3) is 5.91 Å². The molecule has 5 nitrogen and oxygen atoms in total. The lowest BCUT2D eigenvalue weighted by atomic mass is 9.75. The number of halogens is 3. The molecule has 1 aliphatic heterocycles. The number of nitriles is 1. The van der Waals surface area contributed by atoms with Crippen molar-refractivity contribution in [2.45, 2.75) is 50.2 Å². The van der Waals surface area contributed by atoms with E-state index in [4.69, 9.17) is 22.9 Å². The molecular weight excluding hydrogens is 449 g/mol. The molecule has 170 valence electrons. The molecule has 1 saturated heterocycles. The highest BCUT2D eigenvalue weighted by Crippen LogP contribution is 2.48. The Bertz CT molecular complexity index is 1150. The van der Waals surface area contributed by atoms with E-state index in [0.29, 0.717) is 31.2 Å². The Hall–Kier alpha value is -3.25. The molecule has 1 heterocycles. The third-order valence-electron chi connectivity index (χ3n) is 6.30. The van der Waals surface area contributed by atoms with Gasteiger partial charge in [0.1, 0.15) is 5.54 Å². The van der Waals surface area contributed by atoms with Gasteiger partial charge in [-0.05, 0) is 74.2 Å². The van der Waals surface area contributed by atoms with Crippen LogP contribution in [0.3, 0.4) is 0 Å². The van der Waals surface area contributed by atoms with Gasteiger partial charge in [-0.15, -0.1) is 0 Å². The Morgan fingerprint density at radius 2 is 1.82 bits per heavy atom. The Balaban J connectivity index is 1.70. The second-order valence-electron chi connectivity index (χ2n) is 8.24. The predicted octanol–water partition coefficient (Wildman–Crippen LogP) is 5.61. The van der Waals surface area contributed by atoms with E-state index >= 15 is 0 Å².